The van der Waals surface area contributed by atoms with E-state index < -0.39 is 0 Å². The molecule has 0 aliphatic heterocycles. The third kappa shape index (κ3) is 4.66. The molecule has 0 fully saturated rings. The minimum Gasteiger partial charge on any atom is -0.355 e. The first-order chi connectivity index (χ1) is 10.3. The third-order valence-corrected chi connectivity index (χ3v) is 3.06. The molecule has 2 aromatic heterocycles. The minimum absolute atomic E-state index is 0.557. The first kappa shape index (κ1) is 15.2. The Hall–Kier alpha value is -2.24. The van der Waals surface area contributed by atoms with E-state index in [2.05, 4.69) is 44.2 Å². The fraction of sp³-hybridized carbons (Fsp3) is 0.467. The van der Waals surface area contributed by atoms with Gasteiger partial charge in [-0.05, 0) is 30.5 Å². The molecular weight excluding hydrogens is 264 g/mol. The highest BCUT2D eigenvalue weighted by Crippen LogP contribution is 2.12. The van der Waals surface area contributed by atoms with Crippen molar-refractivity contribution in [2.24, 2.45) is 0 Å². The Morgan fingerprint density at radius 1 is 1.10 bits per heavy atom. The number of nitrogens with zero attached hydrogens (tertiary/aromatic N) is 5. The van der Waals surface area contributed by atoms with Gasteiger partial charge in [0.2, 0.25) is 5.95 Å². The first-order valence-corrected chi connectivity index (χ1v) is 7.41. The number of nitrogens with one attached hydrogen (secondary N) is 1. The zero-order valence-corrected chi connectivity index (χ0v) is 12.7. The predicted octanol–water partition coefficient (Wildman–Crippen LogP) is 2.51. The molecule has 6 nitrogen and oxygen atoms in total. The van der Waals surface area contributed by atoms with Crippen molar-refractivity contribution in [3.63, 3.8) is 0 Å². The van der Waals surface area contributed by atoms with E-state index in [-0.39, 0.29) is 0 Å². The summed E-state index contributed by atoms with van der Waals surface area (Å²) >= 11 is 0. The first-order valence-electron chi connectivity index (χ1n) is 7.41. The van der Waals surface area contributed by atoms with Crippen molar-refractivity contribution in [2.75, 3.05) is 23.3 Å². The van der Waals surface area contributed by atoms with Crippen LogP contribution in [0, 0.1) is 0 Å². The second-order valence-corrected chi connectivity index (χ2v) is 4.83. The van der Waals surface area contributed by atoms with Crippen LogP contribution in [-0.4, -0.2) is 33.3 Å². The molecule has 2 heterocycles. The molecule has 0 unspecified atom stereocenters. The number of aromatic nitrogens is 4. The molecule has 0 aliphatic rings. The standard InChI is InChI=1S/C15H22N6/c1-3-9-21(10-4-2)14-12-18-20-15(19-14)17-11-13-5-7-16-8-6-13/h5-8,12H,3-4,9-11H2,1-2H3,(H,17,19,20). The van der Waals surface area contributed by atoms with Gasteiger partial charge < -0.3 is 10.2 Å². The van der Waals surface area contributed by atoms with E-state index in [0.29, 0.717) is 12.5 Å². The molecule has 0 atom stereocenters. The van der Waals surface area contributed by atoms with Gasteiger partial charge in [0, 0.05) is 32.0 Å². The molecule has 6 heteroatoms. The van der Waals surface area contributed by atoms with E-state index in [1.807, 2.05) is 12.1 Å². The summed E-state index contributed by atoms with van der Waals surface area (Å²) in [5, 5.41) is 11.3. The maximum absolute atomic E-state index is 4.55. The number of anilines is 2. The Morgan fingerprint density at radius 3 is 2.48 bits per heavy atom. The van der Waals surface area contributed by atoms with E-state index in [9.17, 15) is 0 Å². The molecule has 0 saturated carbocycles. The lowest BCUT2D eigenvalue weighted by Crippen LogP contribution is -2.26. The molecule has 21 heavy (non-hydrogen) atoms. The van der Waals surface area contributed by atoms with Crippen molar-refractivity contribution >= 4 is 11.8 Å². The van der Waals surface area contributed by atoms with Crippen molar-refractivity contribution in [3.8, 4) is 0 Å². The summed E-state index contributed by atoms with van der Waals surface area (Å²) in [5.74, 6) is 1.44. The number of hydrogen-bond acceptors (Lipinski definition) is 6. The highest BCUT2D eigenvalue weighted by atomic mass is 15.3. The van der Waals surface area contributed by atoms with Gasteiger partial charge in [-0.15, -0.1) is 5.10 Å². The smallest absolute Gasteiger partial charge is 0.244 e. The Morgan fingerprint density at radius 2 is 1.81 bits per heavy atom. The predicted molar refractivity (Wildman–Crippen MR) is 84.2 cm³/mol. The van der Waals surface area contributed by atoms with Crippen LogP contribution in [0.5, 0.6) is 0 Å². The zero-order chi connectivity index (χ0) is 14.9. The van der Waals surface area contributed by atoms with Gasteiger partial charge in [0.1, 0.15) is 0 Å². The highest BCUT2D eigenvalue weighted by Gasteiger charge is 2.08. The molecule has 112 valence electrons. The van der Waals surface area contributed by atoms with Crippen LogP contribution in [0.4, 0.5) is 11.8 Å². The SMILES string of the molecule is CCCN(CCC)c1cnnc(NCc2ccncc2)n1. The van der Waals surface area contributed by atoms with Crippen molar-refractivity contribution < 1.29 is 0 Å². The van der Waals surface area contributed by atoms with E-state index in [1.54, 1.807) is 18.6 Å². The Balaban J connectivity index is 2.02. The van der Waals surface area contributed by atoms with Gasteiger partial charge in [-0.3, -0.25) is 4.98 Å². The second kappa shape index (κ2) is 8.14. The molecule has 0 bridgehead atoms. The van der Waals surface area contributed by atoms with Gasteiger partial charge in [0.05, 0.1) is 6.20 Å². The van der Waals surface area contributed by atoms with E-state index in [0.717, 1.165) is 37.3 Å². The summed E-state index contributed by atoms with van der Waals surface area (Å²) in [6.45, 7) is 6.96. The monoisotopic (exact) mass is 286 g/mol. The lowest BCUT2D eigenvalue weighted by molar-refractivity contribution is 0.727. The normalized spacial score (nSPS) is 10.4. The van der Waals surface area contributed by atoms with Gasteiger partial charge >= 0.3 is 0 Å². The van der Waals surface area contributed by atoms with Gasteiger partial charge in [0.15, 0.2) is 5.82 Å². The molecule has 0 radical (unpaired) electrons. The lowest BCUT2D eigenvalue weighted by Gasteiger charge is -2.22. The van der Waals surface area contributed by atoms with Crippen LogP contribution in [0.15, 0.2) is 30.7 Å². The van der Waals surface area contributed by atoms with Crippen LogP contribution in [0.2, 0.25) is 0 Å². The van der Waals surface area contributed by atoms with Crippen molar-refractivity contribution in [3.05, 3.63) is 36.3 Å². The van der Waals surface area contributed by atoms with Crippen molar-refractivity contribution in [1.82, 2.24) is 20.2 Å². The lowest BCUT2D eigenvalue weighted by atomic mass is 10.3. The van der Waals surface area contributed by atoms with Crippen LogP contribution >= 0.6 is 0 Å². The minimum atomic E-state index is 0.557. The summed E-state index contributed by atoms with van der Waals surface area (Å²) in [4.78, 5) is 10.8. The molecular formula is C15H22N6. The Bertz CT molecular complexity index is 525. The van der Waals surface area contributed by atoms with Crippen molar-refractivity contribution in [2.45, 2.75) is 33.2 Å². The zero-order valence-electron chi connectivity index (χ0n) is 12.7. The summed E-state index contributed by atoms with van der Waals surface area (Å²) in [5.41, 5.74) is 1.14. The van der Waals surface area contributed by atoms with Crippen LogP contribution in [0.25, 0.3) is 0 Å². The van der Waals surface area contributed by atoms with Crippen LogP contribution in [0.3, 0.4) is 0 Å². The van der Waals surface area contributed by atoms with Gasteiger partial charge in [-0.25, -0.2) is 0 Å². The average Bonchev–Trinajstić information content (AvgIpc) is 2.54. The Kier molecular flexibility index (Phi) is 5.87. The molecule has 0 aliphatic carbocycles. The van der Waals surface area contributed by atoms with Gasteiger partial charge in [-0.1, -0.05) is 13.8 Å². The molecule has 0 saturated heterocycles. The van der Waals surface area contributed by atoms with Crippen molar-refractivity contribution in [1.29, 1.82) is 0 Å². The van der Waals surface area contributed by atoms with E-state index >= 15 is 0 Å². The Labute approximate surface area is 125 Å². The third-order valence-electron chi connectivity index (χ3n) is 3.06. The maximum atomic E-state index is 4.55. The van der Waals surface area contributed by atoms with E-state index in [4.69, 9.17) is 0 Å². The topological polar surface area (TPSA) is 66.8 Å². The average molecular weight is 286 g/mol. The second-order valence-electron chi connectivity index (χ2n) is 4.83. The van der Waals surface area contributed by atoms with Crippen LogP contribution in [0.1, 0.15) is 32.3 Å². The van der Waals surface area contributed by atoms with Gasteiger partial charge in [0.25, 0.3) is 0 Å². The summed E-state index contributed by atoms with van der Waals surface area (Å²) < 4.78 is 0. The fourth-order valence-corrected chi connectivity index (χ4v) is 2.08. The summed E-state index contributed by atoms with van der Waals surface area (Å²) in [6.07, 6.45) is 7.45. The largest absolute Gasteiger partial charge is 0.355 e. The molecule has 1 N–H and O–H groups in total. The number of pyridine rings is 1. The molecule has 0 aromatic carbocycles. The van der Waals surface area contributed by atoms with E-state index in [1.165, 1.54) is 0 Å². The number of rotatable bonds is 8. The fourth-order valence-electron chi connectivity index (χ4n) is 2.08. The summed E-state index contributed by atoms with van der Waals surface area (Å²) in [7, 11) is 0. The highest BCUT2D eigenvalue weighted by molar-refractivity contribution is 5.40. The van der Waals surface area contributed by atoms with Crippen LogP contribution < -0.4 is 10.2 Å². The number of hydrogen-bond donors (Lipinski definition) is 1. The molecule has 0 spiro atoms. The molecule has 2 aromatic rings. The maximum Gasteiger partial charge on any atom is 0.244 e. The molecule has 0 amide bonds. The summed E-state index contributed by atoms with van der Waals surface area (Å²) in [6, 6.07) is 3.93. The van der Waals surface area contributed by atoms with Gasteiger partial charge in [-0.2, -0.15) is 10.1 Å². The molecule has 2 rings (SSSR count). The quantitative estimate of drug-likeness (QED) is 0.804. The van der Waals surface area contributed by atoms with Crippen LogP contribution in [-0.2, 0) is 6.54 Å².